The standard InChI is InChI=1S/C18H13N3O4/c22-16-7-8-17(23)21(16)25-18(24)19-13-6-5-12-9-11-3-1-2-4-14(11)20-15(12)10-13/h1-6,9-10H,7-8H2,(H,19,24). The number of carbonyl (C=O) groups is 3. The Labute approximate surface area is 142 Å². The molecule has 124 valence electrons. The average Bonchev–Trinajstić information content (AvgIpc) is 2.92. The molecule has 1 aliphatic heterocycles. The number of anilines is 1. The first-order valence-corrected chi connectivity index (χ1v) is 7.74. The lowest BCUT2D eigenvalue weighted by Gasteiger charge is -2.13. The minimum absolute atomic E-state index is 0.0546. The highest BCUT2D eigenvalue weighted by molar-refractivity contribution is 6.02. The van der Waals surface area contributed by atoms with Crippen molar-refractivity contribution >= 4 is 45.4 Å². The van der Waals surface area contributed by atoms with E-state index in [1.807, 2.05) is 36.4 Å². The summed E-state index contributed by atoms with van der Waals surface area (Å²) in [6.07, 6.45) is -0.790. The van der Waals surface area contributed by atoms with E-state index in [1.165, 1.54) is 0 Å². The highest BCUT2D eigenvalue weighted by Gasteiger charge is 2.32. The van der Waals surface area contributed by atoms with E-state index in [0.717, 1.165) is 16.3 Å². The molecule has 1 aliphatic rings. The zero-order valence-corrected chi connectivity index (χ0v) is 13.1. The number of aromatic nitrogens is 1. The predicted molar refractivity (Wildman–Crippen MR) is 90.4 cm³/mol. The van der Waals surface area contributed by atoms with Gasteiger partial charge in [0, 0.05) is 29.3 Å². The van der Waals surface area contributed by atoms with E-state index in [2.05, 4.69) is 10.3 Å². The quantitative estimate of drug-likeness (QED) is 0.574. The number of hydroxylamine groups is 2. The zero-order chi connectivity index (χ0) is 17.4. The molecule has 0 spiro atoms. The van der Waals surface area contributed by atoms with Crippen LogP contribution in [0, 0.1) is 0 Å². The molecule has 0 aliphatic carbocycles. The van der Waals surface area contributed by atoms with Crippen LogP contribution >= 0.6 is 0 Å². The lowest BCUT2D eigenvalue weighted by atomic mass is 10.1. The summed E-state index contributed by atoms with van der Waals surface area (Å²) in [5.41, 5.74) is 2.02. The molecule has 0 saturated carbocycles. The average molecular weight is 335 g/mol. The van der Waals surface area contributed by atoms with Crippen LogP contribution in [-0.2, 0) is 14.4 Å². The van der Waals surface area contributed by atoms with E-state index in [4.69, 9.17) is 4.84 Å². The molecule has 0 radical (unpaired) electrons. The first kappa shape index (κ1) is 15.1. The summed E-state index contributed by atoms with van der Waals surface area (Å²) < 4.78 is 0. The number of carbonyl (C=O) groups excluding carboxylic acids is 3. The molecule has 1 N–H and O–H groups in total. The number of imide groups is 1. The van der Waals surface area contributed by atoms with E-state index in [1.54, 1.807) is 12.1 Å². The zero-order valence-electron chi connectivity index (χ0n) is 13.1. The SMILES string of the molecule is O=C(Nc1ccc2cc3ccccc3nc2c1)ON1C(=O)CCC1=O. The molecule has 2 aromatic carbocycles. The van der Waals surface area contributed by atoms with Gasteiger partial charge in [-0.1, -0.05) is 24.3 Å². The Kier molecular flexibility index (Phi) is 3.53. The second-order valence-corrected chi connectivity index (χ2v) is 5.67. The Hall–Kier alpha value is -3.48. The van der Waals surface area contributed by atoms with E-state index < -0.39 is 17.9 Å². The molecule has 1 aromatic heterocycles. The van der Waals surface area contributed by atoms with Crippen molar-refractivity contribution in [2.45, 2.75) is 12.8 Å². The number of fused-ring (bicyclic) bond motifs is 2. The Balaban J connectivity index is 1.57. The molecule has 3 aromatic rings. The normalized spacial score (nSPS) is 14.3. The smallest absolute Gasteiger partial charge is 0.311 e. The number of nitrogens with zero attached hydrogens (tertiary/aromatic N) is 2. The minimum atomic E-state index is -0.899. The summed E-state index contributed by atoms with van der Waals surface area (Å²) in [4.78, 5) is 44.2. The van der Waals surface area contributed by atoms with Gasteiger partial charge in [0.1, 0.15) is 0 Å². The third kappa shape index (κ3) is 2.87. The van der Waals surface area contributed by atoms with Crippen LogP contribution in [0.4, 0.5) is 10.5 Å². The second kappa shape index (κ2) is 5.86. The molecule has 7 nitrogen and oxygen atoms in total. The van der Waals surface area contributed by atoms with Crippen molar-refractivity contribution in [1.82, 2.24) is 10.0 Å². The van der Waals surface area contributed by atoms with Gasteiger partial charge in [-0.25, -0.2) is 9.78 Å². The van der Waals surface area contributed by atoms with Crippen LogP contribution in [0.2, 0.25) is 0 Å². The summed E-state index contributed by atoms with van der Waals surface area (Å²) in [6.45, 7) is 0. The van der Waals surface area contributed by atoms with Gasteiger partial charge in [0.15, 0.2) is 0 Å². The highest BCUT2D eigenvalue weighted by atomic mass is 16.7. The summed E-state index contributed by atoms with van der Waals surface area (Å²) in [6, 6.07) is 15.0. The first-order valence-electron chi connectivity index (χ1n) is 7.74. The lowest BCUT2D eigenvalue weighted by molar-refractivity contribution is -0.170. The van der Waals surface area contributed by atoms with Crippen molar-refractivity contribution in [3.05, 3.63) is 48.5 Å². The van der Waals surface area contributed by atoms with Crippen LogP contribution in [0.1, 0.15) is 12.8 Å². The van der Waals surface area contributed by atoms with Gasteiger partial charge in [0.2, 0.25) is 0 Å². The number of amides is 3. The number of pyridine rings is 1. The van der Waals surface area contributed by atoms with Crippen LogP contribution < -0.4 is 5.32 Å². The van der Waals surface area contributed by atoms with Gasteiger partial charge in [-0.2, -0.15) is 0 Å². The number of benzene rings is 2. The summed E-state index contributed by atoms with van der Waals surface area (Å²) in [5, 5.41) is 4.97. The van der Waals surface area contributed by atoms with Gasteiger partial charge in [0.05, 0.1) is 11.0 Å². The van der Waals surface area contributed by atoms with E-state index >= 15 is 0 Å². The third-order valence-corrected chi connectivity index (χ3v) is 3.95. The number of rotatable bonds is 2. The molecule has 3 amide bonds. The van der Waals surface area contributed by atoms with Gasteiger partial charge in [-0.15, -0.1) is 5.06 Å². The Morgan fingerprint density at radius 1 is 0.960 bits per heavy atom. The summed E-state index contributed by atoms with van der Waals surface area (Å²) >= 11 is 0. The van der Waals surface area contributed by atoms with Crippen molar-refractivity contribution < 1.29 is 19.2 Å². The number of para-hydroxylation sites is 1. The van der Waals surface area contributed by atoms with Gasteiger partial charge in [0.25, 0.3) is 11.8 Å². The molecule has 7 heteroatoms. The number of hydrogen-bond acceptors (Lipinski definition) is 5. The van der Waals surface area contributed by atoms with Crippen molar-refractivity contribution in [3.63, 3.8) is 0 Å². The summed E-state index contributed by atoms with van der Waals surface area (Å²) in [5.74, 6) is -1.04. The van der Waals surface area contributed by atoms with Crippen molar-refractivity contribution in [2.24, 2.45) is 0 Å². The minimum Gasteiger partial charge on any atom is -0.311 e. The van der Waals surface area contributed by atoms with Gasteiger partial charge >= 0.3 is 6.09 Å². The summed E-state index contributed by atoms with van der Waals surface area (Å²) in [7, 11) is 0. The van der Waals surface area contributed by atoms with E-state index in [9.17, 15) is 14.4 Å². The third-order valence-electron chi connectivity index (χ3n) is 3.95. The maximum Gasteiger partial charge on any atom is 0.436 e. The Morgan fingerprint density at radius 2 is 1.68 bits per heavy atom. The van der Waals surface area contributed by atoms with Crippen molar-refractivity contribution in [3.8, 4) is 0 Å². The van der Waals surface area contributed by atoms with Crippen molar-refractivity contribution in [2.75, 3.05) is 5.32 Å². The molecule has 0 bridgehead atoms. The Morgan fingerprint density at radius 3 is 2.48 bits per heavy atom. The molecule has 2 heterocycles. The van der Waals surface area contributed by atoms with Crippen molar-refractivity contribution in [1.29, 1.82) is 0 Å². The van der Waals surface area contributed by atoms with Gasteiger partial charge < -0.3 is 4.84 Å². The molecular formula is C18H13N3O4. The number of hydrogen-bond donors (Lipinski definition) is 1. The monoisotopic (exact) mass is 335 g/mol. The molecule has 1 saturated heterocycles. The second-order valence-electron chi connectivity index (χ2n) is 5.67. The first-order chi connectivity index (χ1) is 12.1. The van der Waals surface area contributed by atoms with Crippen LogP contribution in [0.15, 0.2) is 48.5 Å². The van der Waals surface area contributed by atoms with Crippen LogP contribution in [0.3, 0.4) is 0 Å². The molecule has 0 atom stereocenters. The van der Waals surface area contributed by atoms with Gasteiger partial charge in [-0.05, 0) is 24.3 Å². The van der Waals surface area contributed by atoms with E-state index in [-0.39, 0.29) is 12.8 Å². The number of nitrogens with one attached hydrogen (secondary N) is 1. The molecule has 1 fully saturated rings. The molecular weight excluding hydrogens is 322 g/mol. The van der Waals surface area contributed by atoms with Gasteiger partial charge in [-0.3, -0.25) is 14.9 Å². The highest BCUT2D eigenvalue weighted by Crippen LogP contribution is 2.22. The fraction of sp³-hybridized carbons (Fsp3) is 0.111. The van der Waals surface area contributed by atoms with Crippen LogP contribution in [0.25, 0.3) is 21.8 Å². The maximum absolute atomic E-state index is 11.9. The molecule has 25 heavy (non-hydrogen) atoms. The Bertz CT molecular complexity index is 1020. The molecule has 4 rings (SSSR count). The lowest BCUT2D eigenvalue weighted by Crippen LogP contribution is -2.33. The predicted octanol–water partition coefficient (Wildman–Crippen LogP) is 3.00. The molecule has 0 unspecified atom stereocenters. The fourth-order valence-corrected chi connectivity index (χ4v) is 2.73. The maximum atomic E-state index is 11.9. The van der Waals surface area contributed by atoms with Crippen LogP contribution in [-0.4, -0.2) is 28.0 Å². The largest absolute Gasteiger partial charge is 0.436 e. The topological polar surface area (TPSA) is 88.6 Å². The van der Waals surface area contributed by atoms with E-state index in [0.29, 0.717) is 16.3 Å². The fourth-order valence-electron chi connectivity index (χ4n) is 2.73. The van der Waals surface area contributed by atoms with Crippen LogP contribution in [0.5, 0.6) is 0 Å².